The summed E-state index contributed by atoms with van der Waals surface area (Å²) in [6.45, 7) is 4.81. The Morgan fingerprint density at radius 2 is 2.00 bits per heavy atom. The molecule has 0 spiro atoms. The number of benzene rings is 1. The van der Waals surface area contributed by atoms with E-state index >= 15 is 0 Å². The molecule has 0 fully saturated rings. The van der Waals surface area contributed by atoms with Gasteiger partial charge < -0.3 is 15.8 Å². The van der Waals surface area contributed by atoms with Crippen LogP contribution in [-0.4, -0.2) is 66.8 Å². The standard InChI is InChI=1S/C22H34N6O4S/c1-22(2,23)19(29)14-18(16-32-15-17-8-5-4-6-9-17)21-25-26-27-28(21)12-7-10-20(30)24-11-13-33(3)31/h4-6,8-9,18H,7,10-16,23H2,1-3H3,(H,24,30). The van der Waals surface area contributed by atoms with Gasteiger partial charge in [-0.2, -0.15) is 0 Å². The minimum Gasteiger partial charge on any atom is -0.376 e. The first kappa shape index (κ1) is 26.7. The molecule has 0 saturated heterocycles. The second kappa shape index (κ2) is 13.3. The van der Waals surface area contributed by atoms with Gasteiger partial charge in [0.05, 0.1) is 24.7 Å². The largest absolute Gasteiger partial charge is 0.376 e. The number of nitrogens with zero attached hydrogens (tertiary/aromatic N) is 4. The van der Waals surface area contributed by atoms with E-state index in [9.17, 15) is 13.8 Å². The van der Waals surface area contributed by atoms with Gasteiger partial charge in [-0.25, -0.2) is 4.68 Å². The number of ketones is 1. The Bertz CT molecular complexity index is 913. The van der Waals surface area contributed by atoms with Crippen LogP contribution in [0.15, 0.2) is 30.3 Å². The van der Waals surface area contributed by atoms with Crippen molar-refractivity contribution in [1.82, 2.24) is 25.5 Å². The summed E-state index contributed by atoms with van der Waals surface area (Å²) < 4.78 is 18.6. The summed E-state index contributed by atoms with van der Waals surface area (Å²) >= 11 is 0. The van der Waals surface area contributed by atoms with E-state index in [0.29, 0.717) is 44.1 Å². The number of aryl methyl sites for hydroxylation is 1. The lowest BCUT2D eigenvalue weighted by atomic mass is 9.91. The summed E-state index contributed by atoms with van der Waals surface area (Å²) in [6, 6.07) is 9.75. The first-order valence-corrected chi connectivity index (χ1v) is 12.7. The Morgan fingerprint density at radius 3 is 2.67 bits per heavy atom. The molecule has 11 heteroatoms. The Labute approximate surface area is 197 Å². The fourth-order valence-corrected chi connectivity index (χ4v) is 3.47. The van der Waals surface area contributed by atoms with Gasteiger partial charge in [0.1, 0.15) is 0 Å². The van der Waals surface area contributed by atoms with Gasteiger partial charge in [-0.15, -0.1) is 5.10 Å². The molecule has 2 atom stereocenters. The number of aromatic nitrogens is 4. The molecule has 1 aromatic heterocycles. The molecule has 182 valence electrons. The van der Waals surface area contributed by atoms with Gasteiger partial charge in [-0.3, -0.25) is 13.8 Å². The predicted octanol–water partition coefficient (Wildman–Crippen LogP) is 0.945. The van der Waals surface area contributed by atoms with Crippen LogP contribution in [0.25, 0.3) is 0 Å². The molecular formula is C22H34N6O4S. The fraction of sp³-hybridized carbons (Fsp3) is 0.591. The maximum Gasteiger partial charge on any atom is 0.220 e. The first-order valence-electron chi connectivity index (χ1n) is 10.9. The number of carbonyl (C=O) groups is 2. The van der Waals surface area contributed by atoms with E-state index in [2.05, 4.69) is 20.8 Å². The molecule has 2 aromatic rings. The number of carbonyl (C=O) groups excluding carboxylic acids is 2. The minimum atomic E-state index is -0.976. The number of rotatable bonds is 15. The molecule has 3 N–H and O–H groups in total. The zero-order valence-corrected chi connectivity index (χ0v) is 20.3. The monoisotopic (exact) mass is 478 g/mol. The van der Waals surface area contributed by atoms with Crippen molar-refractivity contribution in [2.45, 2.75) is 57.7 Å². The van der Waals surface area contributed by atoms with Crippen LogP contribution in [-0.2, 0) is 38.3 Å². The summed E-state index contributed by atoms with van der Waals surface area (Å²) in [4.78, 5) is 24.6. The van der Waals surface area contributed by atoms with Gasteiger partial charge in [-0.05, 0) is 36.3 Å². The Morgan fingerprint density at radius 1 is 1.27 bits per heavy atom. The van der Waals surface area contributed by atoms with Crippen LogP contribution in [0.3, 0.4) is 0 Å². The van der Waals surface area contributed by atoms with Gasteiger partial charge in [0.2, 0.25) is 5.91 Å². The molecule has 0 bridgehead atoms. The summed E-state index contributed by atoms with van der Waals surface area (Å²) in [5, 5.41) is 14.7. The number of hydrogen-bond acceptors (Lipinski definition) is 8. The number of tetrazole rings is 1. The smallest absolute Gasteiger partial charge is 0.220 e. The molecule has 0 radical (unpaired) electrons. The van der Waals surface area contributed by atoms with E-state index in [-0.39, 0.29) is 30.6 Å². The molecule has 2 unspecified atom stereocenters. The SMILES string of the molecule is CS(=O)CCNC(=O)CCCn1nnnc1C(COCc1ccccc1)CC(=O)C(C)(C)N. The normalized spacial score (nSPS) is 13.5. The van der Waals surface area contributed by atoms with Crippen molar-refractivity contribution in [1.29, 1.82) is 0 Å². The van der Waals surface area contributed by atoms with E-state index in [1.54, 1.807) is 24.8 Å². The highest BCUT2D eigenvalue weighted by Crippen LogP contribution is 2.21. The van der Waals surface area contributed by atoms with Crippen molar-refractivity contribution in [2.75, 3.05) is 25.2 Å². The van der Waals surface area contributed by atoms with Gasteiger partial charge >= 0.3 is 0 Å². The fourth-order valence-electron chi connectivity index (χ4n) is 3.08. The van der Waals surface area contributed by atoms with Crippen LogP contribution in [0.1, 0.15) is 50.4 Å². The lowest BCUT2D eigenvalue weighted by molar-refractivity contribution is -0.124. The Hall–Kier alpha value is -2.50. The van der Waals surface area contributed by atoms with Crippen molar-refractivity contribution in [2.24, 2.45) is 5.73 Å². The van der Waals surface area contributed by atoms with Gasteiger partial charge in [0.25, 0.3) is 0 Å². The van der Waals surface area contributed by atoms with Crippen molar-refractivity contribution in [3.8, 4) is 0 Å². The highest BCUT2D eigenvalue weighted by atomic mass is 32.2. The molecular weight excluding hydrogens is 444 g/mol. The first-order chi connectivity index (χ1) is 15.7. The molecule has 10 nitrogen and oxygen atoms in total. The second-order valence-electron chi connectivity index (χ2n) is 8.54. The van der Waals surface area contributed by atoms with E-state index in [0.717, 1.165) is 5.56 Å². The summed E-state index contributed by atoms with van der Waals surface area (Å²) in [5.41, 5.74) is 6.05. The number of Topliss-reactive ketones (excluding diaryl/α,β-unsaturated/α-hetero) is 1. The van der Waals surface area contributed by atoms with Crippen LogP contribution in [0.4, 0.5) is 0 Å². The maximum absolute atomic E-state index is 12.6. The summed E-state index contributed by atoms with van der Waals surface area (Å²) in [5.74, 6) is 0.366. The maximum atomic E-state index is 12.6. The predicted molar refractivity (Wildman–Crippen MR) is 126 cm³/mol. The van der Waals surface area contributed by atoms with E-state index < -0.39 is 16.3 Å². The van der Waals surface area contributed by atoms with Gasteiger partial charge in [-0.1, -0.05) is 30.3 Å². The Balaban J connectivity index is 1.98. The summed E-state index contributed by atoms with van der Waals surface area (Å²) in [7, 11) is -0.941. The third kappa shape index (κ3) is 9.89. The Kier molecular flexibility index (Phi) is 10.8. The third-order valence-electron chi connectivity index (χ3n) is 4.99. The van der Waals surface area contributed by atoms with Crippen LogP contribution >= 0.6 is 0 Å². The number of amides is 1. The van der Waals surface area contributed by atoms with Crippen LogP contribution in [0.2, 0.25) is 0 Å². The molecule has 2 rings (SSSR count). The van der Waals surface area contributed by atoms with Crippen molar-refractivity contribution < 1.29 is 18.5 Å². The zero-order valence-electron chi connectivity index (χ0n) is 19.5. The molecule has 0 saturated carbocycles. The van der Waals surface area contributed by atoms with E-state index in [1.807, 2.05) is 30.3 Å². The van der Waals surface area contributed by atoms with Crippen molar-refractivity contribution >= 4 is 22.5 Å². The highest BCUT2D eigenvalue weighted by molar-refractivity contribution is 7.84. The molecule has 1 amide bonds. The minimum absolute atomic E-state index is 0.113. The lowest BCUT2D eigenvalue weighted by Gasteiger charge is -2.22. The summed E-state index contributed by atoms with van der Waals surface area (Å²) in [6.07, 6.45) is 2.56. The second-order valence-corrected chi connectivity index (χ2v) is 10.1. The topological polar surface area (TPSA) is 142 Å². The average molecular weight is 479 g/mol. The molecule has 0 aliphatic carbocycles. The quantitative estimate of drug-likeness (QED) is 0.385. The molecule has 33 heavy (non-hydrogen) atoms. The van der Waals surface area contributed by atoms with E-state index in [4.69, 9.17) is 10.5 Å². The van der Waals surface area contributed by atoms with Crippen LogP contribution in [0, 0.1) is 0 Å². The lowest BCUT2D eigenvalue weighted by Crippen LogP contribution is -2.42. The van der Waals surface area contributed by atoms with E-state index in [1.165, 1.54) is 0 Å². The van der Waals surface area contributed by atoms with Gasteiger partial charge in [0.15, 0.2) is 11.6 Å². The number of nitrogens with one attached hydrogen (secondary N) is 1. The zero-order chi connectivity index (χ0) is 24.3. The number of ether oxygens (including phenoxy) is 1. The average Bonchev–Trinajstić information content (AvgIpc) is 3.21. The molecule has 1 heterocycles. The third-order valence-corrected chi connectivity index (χ3v) is 5.77. The van der Waals surface area contributed by atoms with Crippen LogP contribution < -0.4 is 11.1 Å². The molecule has 0 aliphatic heterocycles. The highest BCUT2D eigenvalue weighted by Gasteiger charge is 2.29. The van der Waals surface area contributed by atoms with Crippen LogP contribution in [0.5, 0.6) is 0 Å². The van der Waals surface area contributed by atoms with Crippen molar-refractivity contribution in [3.05, 3.63) is 41.7 Å². The number of hydrogen-bond donors (Lipinski definition) is 2. The molecule has 0 aliphatic rings. The van der Waals surface area contributed by atoms with Gasteiger partial charge in [0, 0.05) is 48.7 Å². The number of nitrogens with two attached hydrogens (primary N) is 1. The molecule has 1 aromatic carbocycles. The van der Waals surface area contributed by atoms with Crippen molar-refractivity contribution in [3.63, 3.8) is 0 Å².